The Morgan fingerprint density at radius 2 is 2.19 bits per heavy atom. The minimum Gasteiger partial charge on any atom is -0.381 e. The van der Waals surface area contributed by atoms with Crippen LogP contribution in [0.2, 0.25) is 0 Å². The second kappa shape index (κ2) is 6.47. The third kappa shape index (κ3) is 3.64. The molecule has 94 valence electrons. The van der Waals surface area contributed by atoms with Crippen molar-refractivity contribution in [1.29, 1.82) is 0 Å². The lowest BCUT2D eigenvalue weighted by Crippen LogP contribution is -2.58. The SMILES string of the molecule is CCC(CSC)NC(=O)C1(N)CCOCC1. The van der Waals surface area contributed by atoms with Crippen molar-refractivity contribution in [2.45, 2.75) is 37.8 Å². The van der Waals surface area contributed by atoms with Crippen LogP contribution in [-0.4, -0.2) is 42.7 Å². The Bertz CT molecular complexity index is 230. The zero-order valence-corrected chi connectivity index (χ0v) is 10.9. The number of amides is 1. The number of rotatable bonds is 5. The van der Waals surface area contributed by atoms with Crippen LogP contribution in [0.25, 0.3) is 0 Å². The third-order valence-electron chi connectivity index (χ3n) is 3.03. The molecule has 0 aromatic heterocycles. The molecular formula is C11H22N2O2S. The van der Waals surface area contributed by atoms with Crippen LogP contribution in [-0.2, 0) is 9.53 Å². The Morgan fingerprint density at radius 1 is 1.56 bits per heavy atom. The van der Waals surface area contributed by atoms with Crippen molar-refractivity contribution >= 4 is 17.7 Å². The molecule has 0 saturated carbocycles. The highest BCUT2D eigenvalue weighted by Gasteiger charge is 2.36. The van der Waals surface area contributed by atoms with E-state index < -0.39 is 5.54 Å². The Labute approximate surface area is 102 Å². The largest absolute Gasteiger partial charge is 0.381 e. The Morgan fingerprint density at radius 3 is 2.69 bits per heavy atom. The number of hydrogen-bond acceptors (Lipinski definition) is 4. The number of nitrogens with one attached hydrogen (secondary N) is 1. The second-order valence-corrected chi connectivity index (χ2v) is 5.21. The van der Waals surface area contributed by atoms with Gasteiger partial charge in [-0.15, -0.1) is 0 Å². The van der Waals surface area contributed by atoms with E-state index in [-0.39, 0.29) is 11.9 Å². The Balaban J connectivity index is 2.48. The first-order valence-corrected chi connectivity index (χ1v) is 7.18. The van der Waals surface area contributed by atoms with Crippen LogP contribution in [0.5, 0.6) is 0 Å². The second-order valence-electron chi connectivity index (χ2n) is 4.30. The summed E-state index contributed by atoms with van der Waals surface area (Å²) >= 11 is 1.74. The van der Waals surface area contributed by atoms with E-state index in [1.165, 1.54) is 0 Å². The molecule has 3 N–H and O–H groups in total. The number of carbonyl (C=O) groups excluding carboxylic acids is 1. The van der Waals surface area contributed by atoms with Crippen molar-refractivity contribution in [1.82, 2.24) is 5.32 Å². The van der Waals surface area contributed by atoms with Crippen LogP contribution in [0, 0.1) is 0 Å². The molecule has 0 aromatic rings. The van der Waals surface area contributed by atoms with Crippen molar-refractivity contribution in [2.75, 3.05) is 25.2 Å². The van der Waals surface area contributed by atoms with E-state index in [2.05, 4.69) is 12.2 Å². The molecule has 4 nitrogen and oxygen atoms in total. The van der Waals surface area contributed by atoms with Gasteiger partial charge in [-0.3, -0.25) is 4.79 Å². The maximum atomic E-state index is 12.1. The maximum absolute atomic E-state index is 12.1. The average Bonchev–Trinajstić information content (AvgIpc) is 2.29. The van der Waals surface area contributed by atoms with E-state index >= 15 is 0 Å². The van der Waals surface area contributed by atoms with Crippen LogP contribution < -0.4 is 11.1 Å². The summed E-state index contributed by atoms with van der Waals surface area (Å²) in [5.74, 6) is 0.922. The molecule has 16 heavy (non-hydrogen) atoms. The highest BCUT2D eigenvalue weighted by atomic mass is 32.2. The number of thioether (sulfide) groups is 1. The van der Waals surface area contributed by atoms with Crippen molar-refractivity contribution in [2.24, 2.45) is 5.73 Å². The minimum absolute atomic E-state index is 0.0169. The summed E-state index contributed by atoms with van der Waals surface area (Å²) in [4.78, 5) is 12.1. The summed E-state index contributed by atoms with van der Waals surface area (Å²) in [6.07, 6.45) is 4.23. The van der Waals surface area contributed by atoms with Gasteiger partial charge in [-0.05, 0) is 25.5 Å². The fourth-order valence-corrected chi connectivity index (χ4v) is 2.48. The summed E-state index contributed by atoms with van der Waals surface area (Å²) < 4.78 is 5.23. The molecule has 5 heteroatoms. The molecule has 1 unspecified atom stereocenters. The molecule has 1 aliphatic heterocycles. The minimum atomic E-state index is -0.718. The van der Waals surface area contributed by atoms with Crippen LogP contribution in [0.1, 0.15) is 26.2 Å². The van der Waals surface area contributed by atoms with Crippen molar-refractivity contribution in [3.8, 4) is 0 Å². The molecule has 0 bridgehead atoms. The highest BCUT2D eigenvalue weighted by Crippen LogP contribution is 2.18. The standard InChI is InChI=1S/C11H22N2O2S/c1-3-9(8-16-2)13-10(14)11(12)4-6-15-7-5-11/h9H,3-8,12H2,1-2H3,(H,13,14). The van der Waals surface area contributed by atoms with E-state index in [1.54, 1.807) is 11.8 Å². The summed E-state index contributed by atoms with van der Waals surface area (Å²) in [7, 11) is 0. The maximum Gasteiger partial charge on any atom is 0.240 e. The van der Waals surface area contributed by atoms with Gasteiger partial charge in [-0.25, -0.2) is 0 Å². The first-order chi connectivity index (χ1) is 7.62. The van der Waals surface area contributed by atoms with Gasteiger partial charge in [0.25, 0.3) is 0 Å². The molecule has 1 fully saturated rings. The van der Waals surface area contributed by atoms with Gasteiger partial charge in [-0.1, -0.05) is 6.92 Å². The number of hydrogen-bond donors (Lipinski definition) is 2. The predicted molar refractivity (Wildman–Crippen MR) is 67.6 cm³/mol. The monoisotopic (exact) mass is 246 g/mol. The van der Waals surface area contributed by atoms with Crippen molar-refractivity contribution in [3.05, 3.63) is 0 Å². The fraction of sp³-hybridized carbons (Fsp3) is 0.909. The molecular weight excluding hydrogens is 224 g/mol. The molecule has 1 heterocycles. The first kappa shape index (κ1) is 13.8. The molecule has 0 aliphatic carbocycles. The number of nitrogens with two attached hydrogens (primary N) is 1. The third-order valence-corrected chi connectivity index (χ3v) is 3.77. The summed E-state index contributed by atoms with van der Waals surface area (Å²) in [6, 6.07) is 0.228. The van der Waals surface area contributed by atoms with E-state index in [9.17, 15) is 4.79 Å². The van der Waals surface area contributed by atoms with Gasteiger partial charge >= 0.3 is 0 Å². The van der Waals surface area contributed by atoms with Gasteiger partial charge in [0.1, 0.15) is 0 Å². The lowest BCUT2D eigenvalue weighted by molar-refractivity contribution is -0.130. The summed E-state index contributed by atoms with van der Waals surface area (Å²) in [5, 5.41) is 3.04. The lowest BCUT2D eigenvalue weighted by atomic mass is 9.90. The lowest BCUT2D eigenvalue weighted by Gasteiger charge is -2.33. The number of ether oxygens (including phenoxy) is 1. The van der Waals surface area contributed by atoms with E-state index in [0.717, 1.165) is 12.2 Å². The predicted octanol–water partition coefficient (Wildman–Crippen LogP) is 0.752. The van der Waals surface area contributed by atoms with Gasteiger partial charge in [0.05, 0.1) is 5.54 Å². The van der Waals surface area contributed by atoms with Gasteiger partial charge in [0.2, 0.25) is 5.91 Å². The van der Waals surface area contributed by atoms with Gasteiger partial charge < -0.3 is 15.8 Å². The summed E-state index contributed by atoms with van der Waals surface area (Å²) in [6.45, 7) is 3.25. The van der Waals surface area contributed by atoms with Gasteiger partial charge in [0, 0.05) is 25.0 Å². The molecule has 0 radical (unpaired) electrons. The zero-order chi connectivity index (χ0) is 12.0. The van der Waals surface area contributed by atoms with Crippen LogP contribution >= 0.6 is 11.8 Å². The number of carbonyl (C=O) groups is 1. The van der Waals surface area contributed by atoms with Crippen LogP contribution in [0.4, 0.5) is 0 Å². The molecule has 1 rings (SSSR count). The molecule has 1 amide bonds. The zero-order valence-electron chi connectivity index (χ0n) is 10.1. The molecule has 0 spiro atoms. The van der Waals surface area contributed by atoms with Crippen molar-refractivity contribution in [3.63, 3.8) is 0 Å². The van der Waals surface area contributed by atoms with Gasteiger partial charge in [0.15, 0.2) is 0 Å². The molecule has 1 atom stereocenters. The smallest absolute Gasteiger partial charge is 0.240 e. The summed E-state index contributed by atoms with van der Waals surface area (Å²) in [5.41, 5.74) is 5.38. The highest BCUT2D eigenvalue weighted by molar-refractivity contribution is 7.98. The van der Waals surface area contributed by atoms with Crippen LogP contribution in [0.3, 0.4) is 0 Å². The van der Waals surface area contributed by atoms with Crippen molar-refractivity contribution < 1.29 is 9.53 Å². The molecule has 0 aromatic carbocycles. The van der Waals surface area contributed by atoms with E-state index in [4.69, 9.17) is 10.5 Å². The quantitative estimate of drug-likeness (QED) is 0.751. The average molecular weight is 246 g/mol. The van der Waals surface area contributed by atoms with E-state index in [1.807, 2.05) is 6.26 Å². The molecule has 1 saturated heterocycles. The first-order valence-electron chi connectivity index (χ1n) is 5.79. The van der Waals surface area contributed by atoms with E-state index in [0.29, 0.717) is 26.1 Å². The molecule has 1 aliphatic rings. The van der Waals surface area contributed by atoms with Crippen LogP contribution in [0.15, 0.2) is 0 Å². The normalized spacial score (nSPS) is 21.4. The Hall–Kier alpha value is -0.260. The Kier molecular flexibility index (Phi) is 5.58. The topological polar surface area (TPSA) is 64.4 Å². The fourth-order valence-electron chi connectivity index (χ4n) is 1.75. The van der Waals surface area contributed by atoms with Gasteiger partial charge in [-0.2, -0.15) is 11.8 Å².